The number of H-pyrrole nitrogens is 1. The van der Waals surface area contributed by atoms with Gasteiger partial charge in [0.2, 0.25) is 0 Å². The maximum atomic E-state index is 11.4. The predicted molar refractivity (Wildman–Crippen MR) is 80.9 cm³/mol. The number of para-hydroxylation sites is 2. The largest absolute Gasteiger partial charge is 0.375 e. The average Bonchev–Trinajstić information content (AvgIpc) is 2.91. The van der Waals surface area contributed by atoms with Crippen molar-refractivity contribution in [2.24, 2.45) is 5.73 Å². The van der Waals surface area contributed by atoms with Crippen molar-refractivity contribution in [2.75, 3.05) is 5.32 Å². The molecule has 0 aliphatic heterocycles. The molecule has 1 atom stereocenters. The van der Waals surface area contributed by atoms with E-state index in [2.05, 4.69) is 20.3 Å². The van der Waals surface area contributed by atoms with E-state index in [-0.39, 0.29) is 6.04 Å². The molecule has 0 bridgehead atoms. The van der Waals surface area contributed by atoms with Gasteiger partial charge in [-0.1, -0.05) is 12.1 Å². The van der Waals surface area contributed by atoms with E-state index in [0.717, 1.165) is 16.9 Å². The Morgan fingerprint density at radius 2 is 2.14 bits per heavy atom. The van der Waals surface area contributed by atoms with Gasteiger partial charge in [0, 0.05) is 12.4 Å². The number of imidazole rings is 1. The number of nitrogens with zero attached hydrogens (tertiary/aromatic N) is 2. The van der Waals surface area contributed by atoms with Crippen LogP contribution in [-0.4, -0.2) is 20.9 Å². The van der Waals surface area contributed by atoms with Crippen molar-refractivity contribution in [1.29, 1.82) is 0 Å². The van der Waals surface area contributed by atoms with Crippen LogP contribution in [0.3, 0.4) is 0 Å². The monoisotopic (exact) mass is 281 g/mol. The second kappa shape index (κ2) is 5.24. The van der Waals surface area contributed by atoms with Crippen LogP contribution >= 0.6 is 0 Å². The Morgan fingerprint density at radius 3 is 2.90 bits per heavy atom. The molecule has 3 aromatic rings. The fourth-order valence-electron chi connectivity index (χ4n) is 2.20. The lowest BCUT2D eigenvalue weighted by Crippen LogP contribution is -2.16. The normalized spacial score (nSPS) is 12.2. The van der Waals surface area contributed by atoms with E-state index < -0.39 is 5.91 Å². The highest BCUT2D eigenvalue weighted by Crippen LogP contribution is 2.22. The molecule has 6 heteroatoms. The number of anilines is 1. The van der Waals surface area contributed by atoms with E-state index in [9.17, 15) is 4.79 Å². The summed E-state index contributed by atoms with van der Waals surface area (Å²) in [7, 11) is 0. The third kappa shape index (κ3) is 2.55. The van der Waals surface area contributed by atoms with Crippen LogP contribution in [-0.2, 0) is 0 Å². The first-order chi connectivity index (χ1) is 10.1. The van der Waals surface area contributed by atoms with E-state index in [1.54, 1.807) is 12.3 Å². The number of hydrogen-bond donors (Lipinski definition) is 3. The first-order valence-electron chi connectivity index (χ1n) is 6.60. The predicted octanol–water partition coefficient (Wildman–Crippen LogP) is 2.23. The number of nitrogens with two attached hydrogens (primary N) is 1. The van der Waals surface area contributed by atoms with Gasteiger partial charge in [0.1, 0.15) is 5.82 Å². The Hall–Kier alpha value is -2.89. The molecule has 2 heterocycles. The highest BCUT2D eigenvalue weighted by molar-refractivity contribution is 5.98. The van der Waals surface area contributed by atoms with E-state index in [1.165, 1.54) is 6.20 Å². The molecule has 106 valence electrons. The van der Waals surface area contributed by atoms with Gasteiger partial charge in [-0.25, -0.2) is 4.98 Å². The summed E-state index contributed by atoms with van der Waals surface area (Å²) in [5.74, 6) is 0.283. The number of pyridine rings is 1. The molecule has 0 saturated carbocycles. The van der Waals surface area contributed by atoms with Gasteiger partial charge in [0.15, 0.2) is 0 Å². The Kier molecular flexibility index (Phi) is 3.27. The third-order valence-corrected chi connectivity index (χ3v) is 3.28. The number of hydrogen-bond acceptors (Lipinski definition) is 4. The molecule has 1 unspecified atom stereocenters. The maximum Gasteiger partial charge on any atom is 0.252 e. The number of nitrogens with one attached hydrogen (secondary N) is 2. The summed E-state index contributed by atoms with van der Waals surface area (Å²) in [6.45, 7) is 1.96. The lowest BCUT2D eigenvalue weighted by Gasteiger charge is -2.14. The SMILES string of the molecule is CC(Nc1ccncc1C(N)=O)c1nc2ccccc2[nH]1. The summed E-state index contributed by atoms with van der Waals surface area (Å²) in [5, 5.41) is 3.23. The van der Waals surface area contributed by atoms with E-state index in [0.29, 0.717) is 11.3 Å². The zero-order chi connectivity index (χ0) is 14.8. The molecule has 1 aromatic carbocycles. The van der Waals surface area contributed by atoms with Gasteiger partial charge in [-0.15, -0.1) is 0 Å². The van der Waals surface area contributed by atoms with Crippen LogP contribution in [0.25, 0.3) is 11.0 Å². The molecule has 1 amide bonds. The zero-order valence-electron chi connectivity index (χ0n) is 11.5. The first-order valence-corrected chi connectivity index (χ1v) is 6.60. The average molecular weight is 281 g/mol. The van der Waals surface area contributed by atoms with Gasteiger partial charge in [0.25, 0.3) is 5.91 Å². The smallest absolute Gasteiger partial charge is 0.252 e. The molecule has 6 nitrogen and oxygen atoms in total. The molecular weight excluding hydrogens is 266 g/mol. The number of aromatic nitrogens is 3. The van der Waals surface area contributed by atoms with Crippen molar-refractivity contribution in [2.45, 2.75) is 13.0 Å². The second-order valence-corrected chi connectivity index (χ2v) is 4.79. The summed E-state index contributed by atoms with van der Waals surface area (Å²) in [6, 6.07) is 9.44. The summed E-state index contributed by atoms with van der Waals surface area (Å²) in [4.78, 5) is 23.1. The summed E-state index contributed by atoms with van der Waals surface area (Å²) < 4.78 is 0. The minimum atomic E-state index is -0.512. The second-order valence-electron chi connectivity index (χ2n) is 4.79. The molecule has 3 rings (SSSR count). The Balaban J connectivity index is 1.89. The Labute approximate surface area is 121 Å². The molecule has 0 radical (unpaired) electrons. The van der Waals surface area contributed by atoms with E-state index in [4.69, 9.17) is 5.73 Å². The van der Waals surface area contributed by atoms with Crippen LogP contribution in [0.15, 0.2) is 42.7 Å². The van der Waals surface area contributed by atoms with Crippen LogP contribution in [0, 0.1) is 0 Å². The number of benzene rings is 1. The number of fused-ring (bicyclic) bond motifs is 1. The number of rotatable bonds is 4. The quantitative estimate of drug-likeness (QED) is 0.683. The fraction of sp³-hybridized carbons (Fsp3) is 0.133. The topological polar surface area (TPSA) is 96.7 Å². The minimum Gasteiger partial charge on any atom is -0.375 e. The van der Waals surface area contributed by atoms with Crippen LogP contribution < -0.4 is 11.1 Å². The van der Waals surface area contributed by atoms with Crippen LogP contribution in [0.1, 0.15) is 29.1 Å². The molecule has 2 aromatic heterocycles. The Bertz CT molecular complexity index is 762. The van der Waals surface area contributed by atoms with E-state index in [1.807, 2.05) is 31.2 Å². The van der Waals surface area contributed by atoms with Gasteiger partial charge >= 0.3 is 0 Å². The fourth-order valence-corrected chi connectivity index (χ4v) is 2.20. The van der Waals surface area contributed by atoms with Crippen molar-refractivity contribution in [3.05, 3.63) is 54.1 Å². The van der Waals surface area contributed by atoms with Gasteiger partial charge in [-0.3, -0.25) is 9.78 Å². The summed E-state index contributed by atoms with van der Waals surface area (Å²) in [6.07, 6.45) is 3.07. The lowest BCUT2D eigenvalue weighted by molar-refractivity contribution is 0.100. The number of carbonyl (C=O) groups is 1. The van der Waals surface area contributed by atoms with Gasteiger partial charge in [0.05, 0.1) is 28.3 Å². The van der Waals surface area contributed by atoms with Gasteiger partial charge < -0.3 is 16.0 Å². The van der Waals surface area contributed by atoms with Crippen LogP contribution in [0.4, 0.5) is 5.69 Å². The molecule has 4 N–H and O–H groups in total. The van der Waals surface area contributed by atoms with Crippen LogP contribution in [0.5, 0.6) is 0 Å². The number of aromatic amines is 1. The van der Waals surface area contributed by atoms with Crippen molar-refractivity contribution in [1.82, 2.24) is 15.0 Å². The number of primary amides is 1. The third-order valence-electron chi connectivity index (χ3n) is 3.28. The van der Waals surface area contributed by atoms with Crippen molar-refractivity contribution in [3.63, 3.8) is 0 Å². The van der Waals surface area contributed by atoms with E-state index >= 15 is 0 Å². The minimum absolute atomic E-state index is 0.0992. The molecule has 0 fully saturated rings. The van der Waals surface area contributed by atoms with Gasteiger partial charge in [-0.2, -0.15) is 0 Å². The molecule has 0 aliphatic rings. The highest BCUT2D eigenvalue weighted by Gasteiger charge is 2.14. The van der Waals surface area contributed by atoms with Crippen LogP contribution in [0.2, 0.25) is 0 Å². The van der Waals surface area contributed by atoms with Crippen molar-refractivity contribution in [3.8, 4) is 0 Å². The van der Waals surface area contributed by atoms with Gasteiger partial charge in [-0.05, 0) is 25.1 Å². The standard InChI is InChI=1S/C15H15N5O/c1-9(15-19-12-4-2-3-5-13(12)20-15)18-11-6-7-17-8-10(11)14(16)21/h2-9H,1H3,(H2,16,21)(H,17,18)(H,19,20). The molecule has 0 saturated heterocycles. The Morgan fingerprint density at radius 1 is 1.33 bits per heavy atom. The van der Waals surface area contributed by atoms with Crippen molar-refractivity contribution < 1.29 is 4.79 Å². The highest BCUT2D eigenvalue weighted by atomic mass is 16.1. The van der Waals surface area contributed by atoms with Crippen molar-refractivity contribution >= 4 is 22.6 Å². The summed E-state index contributed by atoms with van der Waals surface area (Å²) in [5.41, 5.74) is 8.24. The lowest BCUT2D eigenvalue weighted by atomic mass is 10.2. The molecule has 0 spiro atoms. The molecule has 0 aliphatic carbocycles. The maximum absolute atomic E-state index is 11.4. The summed E-state index contributed by atoms with van der Waals surface area (Å²) >= 11 is 0. The number of carbonyl (C=O) groups excluding carboxylic acids is 1. The molecular formula is C15H15N5O. The zero-order valence-corrected chi connectivity index (χ0v) is 11.5. The number of amides is 1. The first kappa shape index (κ1) is 13.1. The molecule has 21 heavy (non-hydrogen) atoms.